The molecule has 3 nitrogen and oxygen atoms in total. The molecule has 1 atom stereocenters. The fraction of sp³-hybridized carbons (Fsp3) is 0.467. The van der Waals surface area contributed by atoms with E-state index in [-0.39, 0.29) is 11.7 Å². The first-order valence-corrected chi connectivity index (χ1v) is 6.49. The van der Waals surface area contributed by atoms with Gasteiger partial charge in [-0.25, -0.2) is 4.79 Å². The molecule has 3 heteroatoms. The molecule has 1 saturated carbocycles. The van der Waals surface area contributed by atoms with Crippen molar-refractivity contribution < 1.29 is 9.59 Å². The van der Waals surface area contributed by atoms with Crippen LogP contribution in [0.3, 0.4) is 0 Å². The smallest absolute Gasteiger partial charge is 0.235 e. The third-order valence-corrected chi connectivity index (χ3v) is 3.62. The van der Waals surface area contributed by atoms with Gasteiger partial charge in [0.2, 0.25) is 6.08 Å². The Kier molecular flexibility index (Phi) is 4.43. The lowest BCUT2D eigenvalue weighted by Gasteiger charge is -2.25. The van der Waals surface area contributed by atoms with Gasteiger partial charge in [0.25, 0.3) is 0 Å². The van der Waals surface area contributed by atoms with E-state index in [0.29, 0.717) is 5.56 Å². The number of Topliss-reactive ketones (excluding diaryl/α,β-unsaturated/α-hetero) is 1. The van der Waals surface area contributed by atoms with Crippen LogP contribution in [-0.4, -0.2) is 17.9 Å². The van der Waals surface area contributed by atoms with E-state index in [1.54, 1.807) is 18.2 Å². The molecule has 1 aliphatic rings. The molecule has 1 aromatic carbocycles. The second kappa shape index (κ2) is 6.27. The zero-order valence-corrected chi connectivity index (χ0v) is 10.3. The molecule has 0 aromatic heterocycles. The van der Waals surface area contributed by atoms with Gasteiger partial charge in [-0.2, -0.15) is 4.99 Å². The SMILES string of the molecule is O=C=N[C@H](C(=O)c1ccccc1)C1CCCCC1. The highest BCUT2D eigenvalue weighted by molar-refractivity contribution is 6.00. The molecule has 0 unspecified atom stereocenters. The minimum Gasteiger partial charge on any atom is -0.292 e. The number of isocyanates is 1. The lowest BCUT2D eigenvalue weighted by Crippen LogP contribution is -2.29. The van der Waals surface area contributed by atoms with Crippen molar-refractivity contribution >= 4 is 11.9 Å². The third-order valence-electron chi connectivity index (χ3n) is 3.62. The molecule has 0 bridgehead atoms. The van der Waals surface area contributed by atoms with Crippen LogP contribution in [0.2, 0.25) is 0 Å². The highest BCUT2D eigenvalue weighted by Gasteiger charge is 2.29. The average Bonchev–Trinajstić information content (AvgIpc) is 2.46. The number of ketones is 1. The van der Waals surface area contributed by atoms with E-state index in [4.69, 9.17) is 0 Å². The summed E-state index contributed by atoms with van der Waals surface area (Å²) in [6, 6.07) is 8.54. The Morgan fingerprint density at radius 1 is 1.17 bits per heavy atom. The van der Waals surface area contributed by atoms with Crippen LogP contribution in [0.4, 0.5) is 0 Å². The summed E-state index contributed by atoms with van der Waals surface area (Å²) in [7, 11) is 0. The lowest BCUT2D eigenvalue weighted by molar-refractivity contribution is 0.0918. The molecule has 1 aromatic rings. The molecular weight excluding hydrogens is 226 g/mol. The predicted octanol–water partition coefficient (Wildman–Crippen LogP) is 3.15. The Labute approximate surface area is 107 Å². The van der Waals surface area contributed by atoms with Crippen LogP contribution in [0.15, 0.2) is 35.3 Å². The first-order valence-electron chi connectivity index (χ1n) is 6.49. The normalized spacial score (nSPS) is 17.8. The van der Waals surface area contributed by atoms with Crippen LogP contribution >= 0.6 is 0 Å². The number of aliphatic imine (C=N–C) groups is 1. The Hall–Kier alpha value is -1.73. The van der Waals surface area contributed by atoms with Crippen molar-refractivity contribution in [2.75, 3.05) is 0 Å². The summed E-state index contributed by atoms with van der Waals surface area (Å²) in [6.45, 7) is 0. The van der Waals surface area contributed by atoms with Crippen molar-refractivity contribution in [3.05, 3.63) is 35.9 Å². The molecule has 0 saturated heterocycles. The molecule has 94 valence electrons. The van der Waals surface area contributed by atoms with E-state index in [9.17, 15) is 9.59 Å². The van der Waals surface area contributed by atoms with E-state index in [0.717, 1.165) is 25.7 Å². The van der Waals surface area contributed by atoms with E-state index in [1.807, 2.05) is 18.2 Å². The molecule has 0 amide bonds. The molecule has 2 rings (SSSR count). The van der Waals surface area contributed by atoms with Gasteiger partial charge in [0.15, 0.2) is 5.78 Å². The number of carbonyl (C=O) groups is 1. The van der Waals surface area contributed by atoms with E-state index in [2.05, 4.69) is 4.99 Å². The first-order chi connectivity index (χ1) is 8.83. The molecular formula is C15H17NO2. The maximum atomic E-state index is 12.4. The fourth-order valence-corrected chi connectivity index (χ4v) is 2.66. The van der Waals surface area contributed by atoms with Crippen LogP contribution in [0.5, 0.6) is 0 Å². The zero-order chi connectivity index (χ0) is 12.8. The zero-order valence-electron chi connectivity index (χ0n) is 10.3. The summed E-state index contributed by atoms with van der Waals surface area (Å²) in [5.41, 5.74) is 0.632. The van der Waals surface area contributed by atoms with Crippen molar-refractivity contribution in [1.82, 2.24) is 0 Å². The second-order valence-electron chi connectivity index (χ2n) is 4.79. The Morgan fingerprint density at radius 2 is 1.83 bits per heavy atom. The van der Waals surface area contributed by atoms with Gasteiger partial charge in [-0.05, 0) is 18.8 Å². The highest BCUT2D eigenvalue weighted by Crippen LogP contribution is 2.29. The van der Waals surface area contributed by atoms with Crippen molar-refractivity contribution in [1.29, 1.82) is 0 Å². The molecule has 18 heavy (non-hydrogen) atoms. The summed E-state index contributed by atoms with van der Waals surface area (Å²) < 4.78 is 0. The summed E-state index contributed by atoms with van der Waals surface area (Å²) in [6.07, 6.45) is 6.99. The minimum absolute atomic E-state index is 0.0501. The number of benzene rings is 1. The topological polar surface area (TPSA) is 46.5 Å². The Balaban J connectivity index is 2.19. The summed E-state index contributed by atoms with van der Waals surface area (Å²) in [4.78, 5) is 26.7. The van der Waals surface area contributed by atoms with Gasteiger partial charge in [0, 0.05) is 5.56 Å². The van der Waals surface area contributed by atoms with Crippen molar-refractivity contribution in [2.45, 2.75) is 38.1 Å². The fourth-order valence-electron chi connectivity index (χ4n) is 2.66. The molecule has 0 N–H and O–H groups in total. The first kappa shape index (κ1) is 12.7. The van der Waals surface area contributed by atoms with Gasteiger partial charge >= 0.3 is 0 Å². The lowest BCUT2D eigenvalue weighted by atomic mass is 9.81. The van der Waals surface area contributed by atoms with Crippen LogP contribution < -0.4 is 0 Å². The van der Waals surface area contributed by atoms with Crippen LogP contribution in [0, 0.1) is 5.92 Å². The van der Waals surface area contributed by atoms with E-state index < -0.39 is 6.04 Å². The van der Waals surface area contributed by atoms with E-state index in [1.165, 1.54) is 6.42 Å². The molecule has 0 radical (unpaired) electrons. The molecule has 0 aliphatic heterocycles. The molecule has 0 spiro atoms. The minimum atomic E-state index is -0.537. The monoisotopic (exact) mass is 243 g/mol. The maximum Gasteiger partial charge on any atom is 0.235 e. The molecule has 0 heterocycles. The quantitative estimate of drug-likeness (QED) is 0.463. The van der Waals surface area contributed by atoms with Gasteiger partial charge < -0.3 is 0 Å². The number of nitrogens with zero attached hydrogens (tertiary/aromatic N) is 1. The van der Waals surface area contributed by atoms with Crippen LogP contribution in [0.1, 0.15) is 42.5 Å². The average molecular weight is 243 g/mol. The molecule has 1 aliphatic carbocycles. The van der Waals surface area contributed by atoms with Crippen molar-refractivity contribution in [3.63, 3.8) is 0 Å². The largest absolute Gasteiger partial charge is 0.292 e. The number of rotatable bonds is 4. The highest BCUT2D eigenvalue weighted by atomic mass is 16.1. The standard InChI is InChI=1S/C15H17NO2/c17-11-16-14(12-7-3-1-4-8-12)15(18)13-9-5-2-6-10-13/h2,5-6,9-10,12,14H,1,3-4,7-8H2/t14-/m0/s1. The second-order valence-corrected chi connectivity index (χ2v) is 4.79. The molecule has 1 fully saturated rings. The summed E-state index contributed by atoms with van der Waals surface area (Å²) >= 11 is 0. The Bertz CT molecular complexity index is 443. The van der Waals surface area contributed by atoms with Gasteiger partial charge in [-0.3, -0.25) is 4.79 Å². The number of hydrogen-bond acceptors (Lipinski definition) is 3. The number of hydrogen-bond donors (Lipinski definition) is 0. The number of carbonyl (C=O) groups excluding carboxylic acids is 2. The van der Waals surface area contributed by atoms with Crippen molar-refractivity contribution in [2.24, 2.45) is 10.9 Å². The summed E-state index contributed by atoms with van der Waals surface area (Å²) in [5, 5.41) is 0. The van der Waals surface area contributed by atoms with Gasteiger partial charge in [-0.1, -0.05) is 49.6 Å². The Morgan fingerprint density at radius 3 is 2.44 bits per heavy atom. The van der Waals surface area contributed by atoms with Gasteiger partial charge in [-0.15, -0.1) is 0 Å². The third kappa shape index (κ3) is 2.93. The van der Waals surface area contributed by atoms with E-state index >= 15 is 0 Å². The van der Waals surface area contributed by atoms with Crippen LogP contribution in [-0.2, 0) is 4.79 Å². The summed E-state index contributed by atoms with van der Waals surface area (Å²) in [5.74, 6) is 0.152. The van der Waals surface area contributed by atoms with Crippen LogP contribution in [0.25, 0.3) is 0 Å². The maximum absolute atomic E-state index is 12.4. The van der Waals surface area contributed by atoms with Gasteiger partial charge in [0.1, 0.15) is 6.04 Å². The predicted molar refractivity (Wildman–Crippen MR) is 69.3 cm³/mol. The van der Waals surface area contributed by atoms with Crippen molar-refractivity contribution in [3.8, 4) is 0 Å². The van der Waals surface area contributed by atoms with Gasteiger partial charge in [0.05, 0.1) is 0 Å².